The van der Waals surface area contributed by atoms with Gasteiger partial charge in [0.2, 0.25) is 0 Å². The molecule has 138 valence electrons. The van der Waals surface area contributed by atoms with Crippen LogP contribution >= 0.6 is 0 Å². The summed E-state index contributed by atoms with van der Waals surface area (Å²) in [6.07, 6.45) is 5.22. The Morgan fingerprint density at radius 1 is 1.31 bits per heavy atom. The Bertz CT molecular complexity index is 790. The van der Waals surface area contributed by atoms with Gasteiger partial charge in [0.25, 0.3) is 0 Å². The summed E-state index contributed by atoms with van der Waals surface area (Å²) in [4.78, 5) is 12.4. The van der Waals surface area contributed by atoms with Crippen molar-refractivity contribution in [1.29, 1.82) is 0 Å². The first kappa shape index (κ1) is 16.9. The summed E-state index contributed by atoms with van der Waals surface area (Å²) < 4.78 is 1.57. The zero-order chi connectivity index (χ0) is 18.1. The van der Waals surface area contributed by atoms with Gasteiger partial charge in [-0.25, -0.2) is 9.48 Å². The maximum absolute atomic E-state index is 12.4. The molecule has 2 aromatic rings. The predicted molar refractivity (Wildman–Crippen MR) is 96.8 cm³/mol. The molecule has 2 amide bonds. The van der Waals surface area contributed by atoms with Crippen LogP contribution in [0.25, 0.3) is 5.69 Å². The molecule has 1 saturated heterocycles. The minimum absolute atomic E-state index is 0.204. The lowest BCUT2D eigenvalue weighted by Crippen LogP contribution is -2.43. The van der Waals surface area contributed by atoms with E-state index in [1.807, 2.05) is 26.0 Å². The topological polar surface area (TPSA) is 109 Å². The number of tetrazole rings is 1. The zero-order valence-corrected chi connectivity index (χ0v) is 15.0. The molecule has 2 heterocycles. The molecule has 3 atom stereocenters. The van der Waals surface area contributed by atoms with Gasteiger partial charge >= 0.3 is 6.03 Å². The lowest BCUT2D eigenvalue weighted by atomic mass is 9.97. The number of hydrogen-bond acceptors (Lipinski definition) is 6. The van der Waals surface area contributed by atoms with Crippen molar-refractivity contribution >= 4 is 11.7 Å². The highest BCUT2D eigenvalue weighted by Crippen LogP contribution is 2.31. The summed E-state index contributed by atoms with van der Waals surface area (Å²) in [5.74, 6) is 0.599. The molecule has 2 aliphatic rings. The van der Waals surface area contributed by atoms with E-state index in [1.54, 1.807) is 4.68 Å². The molecule has 9 nitrogen and oxygen atoms in total. The quantitative estimate of drug-likeness (QED) is 0.652. The van der Waals surface area contributed by atoms with Crippen molar-refractivity contribution in [3.63, 3.8) is 0 Å². The third-order valence-electron chi connectivity index (χ3n) is 5.54. The minimum atomic E-state index is -0.204. The van der Waals surface area contributed by atoms with Gasteiger partial charge in [0.05, 0.1) is 5.69 Å². The Morgan fingerprint density at radius 2 is 2.19 bits per heavy atom. The van der Waals surface area contributed by atoms with E-state index in [4.69, 9.17) is 0 Å². The molecule has 0 spiro atoms. The number of nitrogens with one attached hydrogen (secondary N) is 4. The second-order valence-corrected chi connectivity index (χ2v) is 7.12. The van der Waals surface area contributed by atoms with Gasteiger partial charge in [0.15, 0.2) is 0 Å². The number of nitrogens with zero attached hydrogens (tertiary/aromatic N) is 4. The molecular formula is C17H24N8O. The van der Waals surface area contributed by atoms with E-state index in [-0.39, 0.29) is 12.1 Å². The van der Waals surface area contributed by atoms with E-state index < -0.39 is 0 Å². The highest BCUT2D eigenvalue weighted by Gasteiger charge is 2.38. The van der Waals surface area contributed by atoms with Crippen LogP contribution in [0.4, 0.5) is 10.5 Å². The number of fused-ring (bicyclic) bond motifs is 1. The molecule has 4 rings (SSSR count). The van der Waals surface area contributed by atoms with Gasteiger partial charge in [-0.15, -0.1) is 5.10 Å². The Kier molecular flexibility index (Phi) is 4.56. The van der Waals surface area contributed by atoms with Gasteiger partial charge in [-0.2, -0.15) is 0 Å². The fourth-order valence-corrected chi connectivity index (χ4v) is 3.92. The monoisotopic (exact) mass is 356 g/mol. The normalized spacial score (nSPS) is 24.5. The molecule has 2 fully saturated rings. The molecule has 4 N–H and O–H groups in total. The highest BCUT2D eigenvalue weighted by atomic mass is 16.2. The number of amides is 2. The number of carbonyl (C=O) groups is 1. The van der Waals surface area contributed by atoms with Gasteiger partial charge < -0.3 is 10.6 Å². The molecule has 0 bridgehead atoms. The van der Waals surface area contributed by atoms with Crippen LogP contribution in [0.15, 0.2) is 18.5 Å². The number of benzene rings is 1. The molecule has 26 heavy (non-hydrogen) atoms. The van der Waals surface area contributed by atoms with E-state index in [0.29, 0.717) is 18.5 Å². The van der Waals surface area contributed by atoms with Crippen molar-refractivity contribution in [1.82, 2.24) is 36.4 Å². The SMILES string of the molecule is Cc1cc(-n2cnnn2)cc(NC(=O)NCC2NNC3CCCC32)c1C. The molecule has 3 unspecified atom stereocenters. The van der Waals surface area contributed by atoms with Gasteiger partial charge in [-0.05, 0) is 66.3 Å². The summed E-state index contributed by atoms with van der Waals surface area (Å²) in [5, 5.41) is 17.2. The molecule has 0 radical (unpaired) electrons. The first-order valence-corrected chi connectivity index (χ1v) is 9.02. The average Bonchev–Trinajstić information content (AvgIpc) is 3.35. The zero-order valence-electron chi connectivity index (χ0n) is 15.0. The predicted octanol–water partition coefficient (Wildman–Crippen LogP) is 1.05. The van der Waals surface area contributed by atoms with E-state index in [2.05, 4.69) is 37.0 Å². The second kappa shape index (κ2) is 7.00. The number of hydrogen-bond donors (Lipinski definition) is 4. The second-order valence-electron chi connectivity index (χ2n) is 7.12. The van der Waals surface area contributed by atoms with Crippen LogP contribution in [0.2, 0.25) is 0 Å². The van der Waals surface area contributed by atoms with E-state index in [0.717, 1.165) is 22.5 Å². The third kappa shape index (κ3) is 3.27. The molecule has 1 aliphatic carbocycles. The summed E-state index contributed by atoms with van der Waals surface area (Å²) in [6, 6.07) is 4.49. The van der Waals surface area contributed by atoms with Crippen molar-refractivity contribution in [2.45, 2.75) is 45.2 Å². The van der Waals surface area contributed by atoms with Crippen LogP contribution in [-0.2, 0) is 0 Å². The van der Waals surface area contributed by atoms with Gasteiger partial charge in [-0.3, -0.25) is 10.9 Å². The largest absolute Gasteiger partial charge is 0.336 e. The number of hydrazine groups is 1. The van der Waals surface area contributed by atoms with Crippen LogP contribution in [0.5, 0.6) is 0 Å². The summed E-state index contributed by atoms with van der Waals surface area (Å²) in [5.41, 5.74) is 10.3. The van der Waals surface area contributed by atoms with Crippen molar-refractivity contribution in [3.8, 4) is 5.69 Å². The van der Waals surface area contributed by atoms with Crippen LogP contribution in [0, 0.1) is 19.8 Å². The fraction of sp³-hybridized carbons (Fsp3) is 0.529. The number of rotatable bonds is 4. The van der Waals surface area contributed by atoms with E-state index in [9.17, 15) is 4.79 Å². The van der Waals surface area contributed by atoms with Crippen molar-refractivity contribution in [2.75, 3.05) is 11.9 Å². The highest BCUT2D eigenvalue weighted by molar-refractivity contribution is 5.90. The molecule has 1 aromatic heterocycles. The van der Waals surface area contributed by atoms with Crippen molar-refractivity contribution < 1.29 is 4.79 Å². The first-order chi connectivity index (χ1) is 12.6. The molecule has 1 saturated carbocycles. The van der Waals surface area contributed by atoms with Crippen LogP contribution in [0.1, 0.15) is 30.4 Å². The molecular weight excluding hydrogens is 332 g/mol. The van der Waals surface area contributed by atoms with Crippen LogP contribution in [0.3, 0.4) is 0 Å². The smallest absolute Gasteiger partial charge is 0.319 e. The van der Waals surface area contributed by atoms with Gasteiger partial charge in [-0.1, -0.05) is 6.42 Å². The minimum Gasteiger partial charge on any atom is -0.336 e. The lowest BCUT2D eigenvalue weighted by Gasteiger charge is -2.18. The Balaban J connectivity index is 1.41. The molecule has 9 heteroatoms. The summed E-state index contributed by atoms with van der Waals surface area (Å²) in [7, 11) is 0. The molecule has 1 aliphatic heterocycles. The van der Waals surface area contributed by atoms with Gasteiger partial charge in [0, 0.05) is 24.3 Å². The van der Waals surface area contributed by atoms with Crippen LogP contribution < -0.4 is 21.5 Å². The Labute approximate surface area is 151 Å². The standard InChI is InChI=1S/C17H24N8O/c1-10-6-12(25-9-19-23-24-25)7-15(11(10)2)20-17(26)18-8-16-13-4-3-5-14(13)21-22-16/h6-7,9,13-14,16,21-22H,3-5,8H2,1-2H3,(H2,18,20,26). The Hall–Kier alpha value is -2.52. The van der Waals surface area contributed by atoms with Gasteiger partial charge in [0.1, 0.15) is 6.33 Å². The maximum atomic E-state index is 12.4. The first-order valence-electron chi connectivity index (χ1n) is 9.02. The number of urea groups is 1. The number of aryl methyl sites for hydroxylation is 1. The van der Waals surface area contributed by atoms with E-state index >= 15 is 0 Å². The fourth-order valence-electron chi connectivity index (χ4n) is 3.92. The van der Waals surface area contributed by atoms with Crippen molar-refractivity contribution in [3.05, 3.63) is 29.6 Å². The number of carbonyl (C=O) groups excluding carboxylic acids is 1. The summed E-state index contributed by atoms with van der Waals surface area (Å²) in [6.45, 7) is 4.59. The number of aromatic nitrogens is 4. The average molecular weight is 356 g/mol. The maximum Gasteiger partial charge on any atom is 0.319 e. The number of anilines is 1. The Morgan fingerprint density at radius 3 is 3.00 bits per heavy atom. The summed E-state index contributed by atoms with van der Waals surface area (Å²) >= 11 is 0. The lowest BCUT2D eigenvalue weighted by molar-refractivity contribution is 0.250. The molecule has 1 aromatic carbocycles. The third-order valence-corrected chi connectivity index (χ3v) is 5.54. The van der Waals surface area contributed by atoms with Crippen LogP contribution in [-0.4, -0.2) is 44.9 Å². The van der Waals surface area contributed by atoms with E-state index in [1.165, 1.54) is 25.6 Å². The van der Waals surface area contributed by atoms with Crippen molar-refractivity contribution in [2.24, 2.45) is 5.92 Å².